The van der Waals surface area contributed by atoms with Crippen LogP contribution in [0.4, 0.5) is 0 Å². The average molecular weight is 312 g/mol. The summed E-state index contributed by atoms with van der Waals surface area (Å²) < 4.78 is 10.8. The second-order valence-corrected chi connectivity index (χ2v) is 5.26. The molecule has 5 nitrogen and oxygen atoms in total. The van der Waals surface area contributed by atoms with Crippen molar-refractivity contribution >= 4 is 11.0 Å². The van der Waals surface area contributed by atoms with E-state index in [4.69, 9.17) is 9.15 Å². The first-order valence-electron chi connectivity index (χ1n) is 7.18. The molecule has 0 aliphatic heterocycles. The Balaban J connectivity index is 1.85. The minimum atomic E-state index is -0.180. The van der Waals surface area contributed by atoms with Crippen LogP contribution in [-0.2, 0) is 12.8 Å². The predicted molar refractivity (Wildman–Crippen MR) is 86.2 cm³/mol. The van der Waals surface area contributed by atoms with Crippen molar-refractivity contribution in [1.29, 1.82) is 0 Å². The maximum absolute atomic E-state index is 12.1. The average Bonchev–Trinajstić information content (AvgIpc) is 2.55. The Hall–Kier alpha value is -2.95. The zero-order chi connectivity index (χ0) is 16.4. The highest BCUT2D eigenvalue weighted by Gasteiger charge is 2.08. The second-order valence-electron chi connectivity index (χ2n) is 5.26. The predicted octanol–water partition coefficient (Wildman–Crippen LogP) is 3.00. The number of aromatic hydroxyl groups is 2. The largest absolute Gasteiger partial charge is 0.508 e. The van der Waals surface area contributed by atoms with Crippen LogP contribution < -0.4 is 10.2 Å². The molecule has 0 aliphatic rings. The first kappa shape index (κ1) is 15.0. The van der Waals surface area contributed by atoms with Crippen LogP contribution in [-0.4, -0.2) is 17.3 Å². The maximum Gasteiger partial charge on any atom is 0.193 e. The molecule has 0 saturated heterocycles. The van der Waals surface area contributed by atoms with Crippen molar-refractivity contribution in [2.24, 2.45) is 0 Å². The van der Waals surface area contributed by atoms with E-state index in [0.29, 0.717) is 35.3 Å². The number of fused-ring (bicyclic) bond motifs is 1. The summed E-state index contributed by atoms with van der Waals surface area (Å²) in [6, 6.07) is 11.0. The molecular weight excluding hydrogens is 296 g/mol. The van der Waals surface area contributed by atoms with Crippen molar-refractivity contribution in [1.82, 2.24) is 0 Å². The van der Waals surface area contributed by atoms with Crippen LogP contribution in [0.2, 0.25) is 0 Å². The van der Waals surface area contributed by atoms with Gasteiger partial charge in [-0.25, -0.2) is 0 Å². The van der Waals surface area contributed by atoms with Crippen LogP contribution in [0.15, 0.2) is 51.7 Å². The fourth-order valence-corrected chi connectivity index (χ4v) is 2.46. The first-order chi connectivity index (χ1) is 11.1. The lowest BCUT2D eigenvalue weighted by Crippen LogP contribution is -2.03. The zero-order valence-electron chi connectivity index (χ0n) is 12.6. The van der Waals surface area contributed by atoms with Gasteiger partial charge in [0.15, 0.2) is 16.9 Å². The molecule has 1 aromatic heterocycles. The van der Waals surface area contributed by atoms with Crippen LogP contribution >= 0.6 is 0 Å². The quantitative estimate of drug-likeness (QED) is 0.774. The van der Waals surface area contributed by atoms with Gasteiger partial charge in [0.1, 0.15) is 17.1 Å². The smallest absolute Gasteiger partial charge is 0.193 e. The number of phenolic OH excluding ortho intramolecular Hbond substituents is 2. The van der Waals surface area contributed by atoms with Gasteiger partial charge in [-0.05, 0) is 42.3 Å². The van der Waals surface area contributed by atoms with Crippen molar-refractivity contribution in [2.45, 2.75) is 12.8 Å². The van der Waals surface area contributed by atoms with Crippen molar-refractivity contribution in [3.63, 3.8) is 0 Å². The molecule has 0 bridgehead atoms. The van der Waals surface area contributed by atoms with Gasteiger partial charge in [0, 0.05) is 12.5 Å². The van der Waals surface area contributed by atoms with Crippen LogP contribution in [0.3, 0.4) is 0 Å². The van der Waals surface area contributed by atoms with E-state index in [2.05, 4.69) is 0 Å². The molecule has 2 N–H and O–H groups in total. The Labute approximate surface area is 132 Å². The number of methoxy groups -OCH3 is 1. The summed E-state index contributed by atoms with van der Waals surface area (Å²) in [5.41, 5.74) is 1.24. The van der Waals surface area contributed by atoms with Crippen LogP contribution in [0.25, 0.3) is 11.0 Å². The molecular formula is C18H16O5. The fraction of sp³-hybridized carbons (Fsp3) is 0.167. The molecule has 0 unspecified atom stereocenters. The summed E-state index contributed by atoms with van der Waals surface area (Å²) >= 11 is 0. The topological polar surface area (TPSA) is 79.9 Å². The molecule has 0 atom stereocenters. The number of aryl methyl sites for hydroxylation is 2. The van der Waals surface area contributed by atoms with E-state index in [0.717, 1.165) is 5.56 Å². The highest BCUT2D eigenvalue weighted by atomic mass is 16.5. The van der Waals surface area contributed by atoms with E-state index in [1.54, 1.807) is 24.3 Å². The summed E-state index contributed by atoms with van der Waals surface area (Å²) in [4.78, 5) is 12.1. The third-order valence-electron chi connectivity index (χ3n) is 3.67. The Morgan fingerprint density at radius 2 is 1.87 bits per heavy atom. The lowest BCUT2D eigenvalue weighted by molar-refractivity contribution is 0.373. The standard InChI is InChI=1S/C18H16O5/c1-22-18-8-11(3-6-15(18)20)2-5-13-10-16(21)14-9-12(19)4-7-17(14)23-13/h3-4,6-10,19-20H,2,5H2,1H3. The van der Waals surface area contributed by atoms with Gasteiger partial charge in [-0.2, -0.15) is 0 Å². The van der Waals surface area contributed by atoms with Gasteiger partial charge in [-0.3, -0.25) is 4.79 Å². The summed E-state index contributed by atoms with van der Waals surface area (Å²) in [5, 5.41) is 19.4. The number of phenols is 2. The second kappa shape index (κ2) is 6.04. The molecule has 0 saturated carbocycles. The summed E-state index contributed by atoms with van der Waals surface area (Å²) in [7, 11) is 1.50. The number of benzene rings is 2. The lowest BCUT2D eigenvalue weighted by atomic mass is 10.1. The van der Waals surface area contributed by atoms with Gasteiger partial charge in [0.2, 0.25) is 0 Å². The van der Waals surface area contributed by atoms with Gasteiger partial charge < -0.3 is 19.4 Å². The maximum atomic E-state index is 12.1. The van der Waals surface area contributed by atoms with E-state index >= 15 is 0 Å². The third kappa shape index (κ3) is 3.13. The minimum absolute atomic E-state index is 0.0359. The first-order valence-corrected chi connectivity index (χ1v) is 7.18. The molecule has 118 valence electrons. The Morgan fingerprint density at radius 3 is 2.65 bits per heavy atom. The number of ether oxygens (including phenoxy) is 1. The van der Waals surface area contributed by atoms with Crippen LogP contribution in [0.1, 0.15) is 11.3 Å². The molecule has 0 spiro atoms. The van der Waals surface area contributed by atoms with Gasteiger partial charge in [0.25, 0.3) is 0 Å². The van der Waals surface area contributed by atoms with Gasteiger partial charge in [-0.15, -0.1) is 0 Å². The van der Waals surface area contributed by atoms with E-state index < -0.39 is 0 Å². The Morgan fingerprint density at radius 1 is 1.04 bits per heavy atom. The molecule has 3 aromatic rings. The summed E-state index contributed by atoms with van der Waals surface area (Å²) in [5.74, 6) is 1.11. The SMILES string of the molecule is COc1cc(CCc2cc(=O)c3cc(O)ccc3o2)ccc1O. The molecule has 2 aromatic carbocycles. The van der Waals surface area contributed by atoms with Crippen molar-refractivity contribution in [3.05, 3.63) is 64.0 Å². The van der Waals surface area contributed by atoms with Gasteiger partial charge >= 0.3 is 0 Å². The summed E-state index contributed by atoms with van der Waals surface area (Å²) in [6.45, 7) is 0. The van der Waals surface area contributed by atoms with E-state index in [1.165, 1.54) is 25.3 Å². The molecule has 5 heteroatoms. The fourth-order valence-electron chi connectivity index (χ4n) is 2.46. The zero-order valence-corrected chi connectivity index (χ0v) is 12.6. The molecule has 1 heterocycles. The normalized spacial score (nSPS) is 10.8. The lowest BCUT2D eigenvalue weighted by Gasteiger charge is -2.07. The molecule has 3 rings (SSSR count). The highest BCUT2D eigenvalue weighted by Crippen LogP contribution is 2.27. The van der Waals surface area contributed by atoms with Gasteiger partial charge in [0.05, 0.1) is 12.5 Å². The minimum Gasteiger partial charge on any atom is -0.508 e. The van der Waals surface area contributed by atoms with E-state index in [9.17, 15) is 15.0 Å². The van der Waals surface area contributed by atoms with Crippen molar-refractivity contribution in [2.75, 3.05) is 7.11 Å². The van der Waals surface area contributed by atoms with Crippen molar-refractivity contribution < 1.29 is 19.4 Å². The molecule has 23 heavy (non-hydrogen) atoms. The highest BCUT2D eigenvalue weighted by molar-refractivity contribution is 5.77. The molecule has 0 amide bonds. The third-order valence-corrected chi connectivity index (χ3v) is 3.67. The van der Waals surface area contributed by atoms with E-state index in [1.807, 2.05) is 0 Å². The van der Waals surface area contributed by atoms with Gasteiger partial charge in [-0.1, -0.05) is 6.07 Å². The number of hydrogen-bond acceptors (Lipinski definition) is 5. The van der Waals surface area contributed by atoms with Crippen molar-refractivity contribution in [3.8, 4) is 17.2 Å². The molecule has 0 radical (unpaired) electrons. The monoisotopic (exact) mass is 312 g/mol. The number of hydrogen-bond donors (Lipinski definition) is 2. The van der Waals surface area contributed by atoms with E-state index in [-0.39, 0.29) is 16.9 Å². The van der Waals surface area contributed by atoms with Crippen LogP contribution in [0.5, 0.6) is 17.2 Å². The Kier molecular flexibility index (Phi) is 3.93. The Bertz CT molecular complexity index is 911. The number of rotatable bonds is 4. The summed E-state index contributed by atoms with van der Waals surface area (Å²) in [6.07, 6.45) is 1.18. The molecule has 0 aliphatic carbocycles. The molecule has 0 fully saturated rings. The van der Waals surface area contributed by atoms with Crippen LogP contribution in [0, 0.1) is 0 Å².